The number of aromatic nitrogens is 2. The maximum atomic E-state index is 8.93. The van der Waals surface area contributed by atoms with Crippen molar-refractivity contribution >= 4 is 35.2 Å². The molecular formula is C12H20N6O6. The number of aromatic amines is 2. The van der Waals surface area contributed by atoms with E-state index in [9.17, 15) is 0 Å². The first-order valence-corrected chi connectivity index (χ1v) is 5.71. The first-order valence-electron chi connectivity index (χ1n) is 5.71. The van der Waals surface area contributed by atoms with Crippen LogP contribution in [0.25, 0.3) is 0 Å². The minimum absolute atomic E-state index is 0. The van der Waals surface area contributed by atoms with Gasteiger partial charge in [-0.05, 0) is 12.1 Å². The van der Waals surface area contributed by atoms with Crippen molar-refractivity contribution in [2.45, 2.75) is 0 Å². The Balaban J connectivity index is -0.000000268. The summed E-state index contributed by atoms with van der Waals surface area (Å²) in [6, 6.07) is 10.6. The number of carbonyl (C=O) groups is 2. The third-order valence-electron chi connectivity index (χ3n) is 1.85. The molecule has 2 aromatic rings. The average molecular weight is 344 g/mol. The summed E-state index contributed by atoms with van der Waals surface area (Å²) in [6.45, 7) is 0. The summed E-state index contributed by atoms with van der Waals surface area (Å²) in [7, 11) is 0. The number of carboxylic acid groups (broad SMARTS) is 2. The lowest BCUT2D eigenvalue weighted by Gasteiger charge is -1.97. The van der Waals surface area contributed by atoms with Crippen molar-refractivity contribution < 1.29 is 40.7 Å². The van der Waals surface area contributed by atoms with Gasteiger partial charge in [0.25, 0.3) is 0 Å². The first-order chi connectivity index (χ1) is 10.2. The number of nitrogen functional groups attached to an aromatic ring is 4. The number of carbonyl (C=O) groups excluding carboxylic acids is 2. The van der Waals surface area contributed by atoms with E-state index in [1.807, 2.05) is 0 Å². The second-order valence-electron chi connectivity index (χ2n) is 3.70. The second-order valence-corrected chi connectivity index (χ2v) is 3.70. The molecule has 2 heterocycles. The minimum Gasteiger partial charge on any atom is -0.543 e. The molecule has 0 aliphatic heterocycles. The van der Waals surface area contributed by atoms with Crippen molar-refractivity contribution in [3.05, 3.63) is 36.4 Å². The molecule has 0 radical (unpaired) electrons. The number of hydrogen-bond donors (Lipinski definition) is 4. The predicted octanol–water partition coefficient (Wildman–Crippen LogP) is -5.83. The van der Waals surface area contributed by atoms with Crippen LogP contribution >= 0.6 is 0 Å². The van der Waals surface area contributed by atoms with Crippen LogP contribution in [0.15, 0.2) is 36.4 Å². The van der Waals surface area contributed by atoms with Crippen molar-refractivity contribution in [1.82, 2.24) is 0 Å². The molecule has 0 atom stereocenters. The SMILES string of the molecule is Nc1cccc(N)[nH+]1.Nc1cccc(N)[nH+]1.O.O.O=C([O-])C(=O)[O-]. The first kappa shape index (κ1) is 25.3. The zero-order valence-corrected chi connectivity index (χ0v) is 12.4. The summed E-state index contributed by atoms with van der Waals surface area (Å²) in [4.78, 5) is 23.3. The normalized spacial score (nSPS) is 7.83. The Labute approximate surface area is 136 Å². The van der Waals surface area contributed by atoms with E-state index in [-0.39, 0.29) is 11.0 Å². The van der Waals surface area contributed by atoms with E-state index in [4.69, 9.17) is 42.7 Å². The Morgan fingerprint density at radius 1 is 0.667 bits per heavy atom. The van der Waals surface area contributed by atoms with E-state index in [1.165, 1.54) is 0 Å². The number of rotatable bonds is 0. The fourth-order valence-corrected chi connectivity index (χ4v) is 1.01. The van der Waals surface area contributed by atoms with Gasteiger partial charge >= 0.3 is 0 Å². The van der Waals surface area contributed by atoms with Crippen molar-refractivity contribution in [1.29, 1.82) is 0 Å². The number of H-pyrrole nitrogens is 2. The second kappa shape index (κ2) is 13.1. The number of nitrogens with two attached hydrogens (primary N) is 4. The zero-order chi connectivity index (χ0) is 17.1. The predicted molar refractivity (Wildman–Crippen MR) is 80.9 cm³/mol. The standard InChI is InChI=1S/2C5H7N3.C2H2O4.2H2O/c2*6-4-2-1-3-5(7)8-4;3-1(4)2(5)6;;/h2*1-3H,(H4,6,7,8);(H,3,4)(H,5,6);2*1H2. The molecule has 0 amide bonds. The molecule has 0 aliphatic rings. The van der Waals surface area contributed by atoms with Crippen molar-refractivity contribution in [2.75, 3.05) is 22.9 Å². The van der Waals surface area contributed by atoms with Crippen molar-refractivity contribution in [3.63, 3.8) is 0 Å². The van der Waals surface area contributed by atoms with Gasteiger partial charge in [0.15, 0.2) is 0 Å². The summed E-state index contributed by atoms with van der Waals surface area (Å²) >= 11 is 0. The van der Waals surface area contributed by atoms with Gasteiger partial charge in [0.2, 0.25) is 23.3 Å². The van der Waals surface area contributed by atoms with Gasteiger partial charge in [0.1, 0.15) is 0 Å². The van der Waals surface area contributed by atoms with E-state index in [0.717, 1.165) is 0 Å². The van der Waals surface area contributed by atoms with Gasteiger partial charge in [-0.15, -0.1) is 0 Å². The van der Waals surface area contributed by atoms with Gasteiger partial charge in [-0.2, -0.15) is 0 Å². The summed E-state index contributed by atoms with van der Waals surface area (Å²) in [5.41, 5.74) is 21.3. The summed E-state index contributed by atoms with van der Waals surface area (Å²) < 4.78 is 0. The highest BCUT2D eigenvalue weighted by molar-refractivity contribution is 6.25. The highest BCUT2D eigenvalue weighted by atomic mass is 16.4. The van der Waals surface area contributed by atoms with Crippen LogP contribution in [0.5, 0.6) is 0 Å². The highest BCUT2D eigenvalue weighted by Gasteiger charge is 1.88. The lowest BCUT2D eigenvalue weighted by molar-refractivity contribution is -0.345. The molecule has 2 aromatic heterocycles. The molecule has 12 heteroatoms. The monoisotopic (exact) mass is 344 g/mol. The molecule has 24 heavy (non-hydrogen) atoms. The number of pyridine rings is 2. The van der Waals surface area contributed by atoms with E-state index >= 15 is 0 Å². The van der Waals surface area contributed by atoms with Gasteiger partial charge < -0.3 is 53.7 Å². The highest BCUT2D eigenvalue weighted by Crippen LogP contribution is 1.92. The van der Waals surface area contributed by atoms with E-state index < -0.39 is 11.9 Å². The molecule has 2 rings (SSSR count). The molecule has 14 N–H and O–H groups in total. The van der Waals surface area contributed by atoms with Crippen LogP contribution in [0.1, 0.15) is 0 Å². The number of hydrogen-bond acceptors (Lipinski definition) is 8. The molecule has 0 unspecified atom stereocenters. The summed E-state index contributed by atoms with van der Waals surface area (Å²) in [6.07, 6.45) is 0. The summed E-state index contributed by atoms with van der Waals surface area (Å²) in [5.74, 6) is -2.02. The topological polar surface area (TPSA) is 276 Å². The van der Waals surface area contributed by atoms with Gasteiger partial charge in [-0.1, -0.05) is 0 Å². The molecular weight excluding hydrogens is 324 g/mol. The minimum atomic E-state index is -2.19. The quantitative estimate of drug-likeness (QED) is 0.333. The lowest BCUT2D eigenvalue weighted by Crippen LogP contribution is -2.42. The lowest BCUT2D eigenvalue weighted by atomic mass is 10.4. The molecule has 0 aliphatic carbocycles. The van der Waals surface area contributed by atoms with Crippen LogP contribution in [0.2, 0.25) is 0 Å². The van der Waals surface area contributed by atoms with E-state index in [2.05, 4.69) is 9.97 Å². The van der Waals surface area contributed by atoms with E-state index in [1.54, 1.807) is 36.4 Å². The Morgan fingerprint density at radius 2 is 0.875 bits per heavy atom. The van der Waals surface area contributed by atoms with Gasteiger partial charge in [0.05, 0.1) is 11.9 Å². The van der Waals surface area contributed by atoms with E-state index in [0.29, 0.717) is 23.3 Å². The largest absolute Gasteiger partial charge is 0.543 e. The molecule has 0 bridgehead atoms. The van der Waals surface area contributed by atoms with Gasteiger partial charge in [-0.3, -0.25) is 0 Å². The number of anilines is 4. The molecule has 0 saturated heterocycles. The molecule has 0 spiro atoms. The fourth-order valence-electron chi connectivity index (χ4n) is 1.01. The zero-order valence-electron chi connectivity index (χ0n) is 12.4. The Hall–Kier alpha value is -3.64. The number of carboxylic acids is 2. The smallest absolute Gasteiger partial charge is 0.216 e. The molecule has 0 aromatic carbocycles. The third kappa shape index (κ3) is 13.3. The molecule has 0 fully saturated rings. The number of nitrogens with one attached hydrogen (secondary N) is 2. The van der Waals surface area contributed by atoms with Gasteiger partial charge in [-0.25, -0.2) is 9.97 Å². The average Bonchev–Trinajstić information content (AvgIpc) is 2.39. The van der Waals surface area contributed by atoms with Crippen LogP contribution in [0.4, 0.5) is 23.3 Å². The van der Waals surface area contributed by atoms with Crippen molar-refractivity contribution in [2.24, 2.45) is 0 Å². The number of aliphatic carboxylic acids is 2. The van der Waals surface area contributed by atoms with Crippen molar-refractivity contribution in [3.8, 4) is 0 Å². The molecule has 0 saturated carbocycles. The van der Waals surface area contributed by atoms with Crippen LogP contribution in [0.3, 0.4) is 0 Å². The maximum absolute atomic E-state index is 8.93. The van der Waals surface area contributed by atoms with Gasteiger partial charge in [0, 0.05) is 24.3 Å². The Morgan fingerprint density at radius 3 is 0.958 bits per heavy atom. The molecule has 12 nitrogen and oxygen atoms in total. The van der Waals surface area contributed by atoms with Crippen LogP contribution in [-0.4, -0.2) is 22.9 Å². The fraction of sp³-hybridized carbons (Fsp3) is 0. The molecule has 134 valence electrons. The Kier molecular flexibility index (Phi) is 13.8. The Bertz CT molecular complexity index is 549. The van der Waals surface area contributed by atoms with Crippen LogP contribution in [-0.2, 0) is 9.59 Å². The van der Waals surface area contributed by atoms with Crippen LogP contribution in [0, 0.1) is 0 Å². The summed E-state index contributed by atoms with van der Waals surface area (Å²) in [5, 5.41) is 17.9. The van der Waals surface area contributed by atoms with Crippen LogP contribution < -0.4 is 43.1 Å². The third-order valence-corrected chi connectivity index (χ3v) is 1.85. The maximum Gasteiger partial charge on any atom is 0.216 e.